The van der Waals surface area contributed by atoms with E-state index in [-0.39, 0.29) is 6.42 Å². The lowest BCUT2D eigenvalue weighted by atomic mass is 10.1. The highest BCUT2D eigenvalue weighted by Crippen LogP contribution is 2.13. The van der Waals surface area contributed by atoms with E-state index in [1.807, 2.05) is 61.5 Å². The Hall–Kier alpha value is -3.08. The summed E-state index contributed by atoms with van der Waals surface area (Å²) in [5.41, 5.74) is 1.68. The molecule has 1 unspecified atom stereocenters. The van der Waals surface area contributed by atoms with Crippen molar-refractivity contribution < 1.29 is 19.4 Å². The summed E-state index contributed by atoms with van der Waals surface area (Å²) in [4.78, 5) is 23.4. The summed E-state index contributed by atoms with van der Waals surface area (Å²) in [6.07, 6.45) is 3.20. The minimum atomic E-state index is -1.06. The molecule has 0 aliphatic carbocycles. The third kappa shape index (κ3) is 6.14. The number of aliphatic carboxylic acids is 1. The standard InChI is InChI=1S/C20H21NO4/c1-2-25-17-11-8-15(9-12-17)10-13-19(22)21-18(20(23)24)14-16-6-4-3-5-7-16/h3-13,18H,2,14H2,1H3,(H,21,22)(H,23,24)/b13-10+. The van der Waals surface area contributed by atoms with Gasteiger partial charge in [0.1, 0.15) is 11.8 Å². The van der Waals surface area contributed by atoms with Crippen LogP contribution in [-0.4, -0.2) is 29.6 Å². The van der Waals surface area contributed by atoms with E-state index < -0.39 is 17.9 Å². The number of ether oxygens (including phenoxy) is 1. The summed E-state index contributed by atoms with van der Waals surface area (Å²) in [6.45, 7) is 2.50. The number of carbonyl (C=O) groups is 2. The Morgan fingerprint density at radius 1 is 1.12 bits per heavy atom. The van der Waals surface area contributed by atoms with E-state index in [1.165, 1.54) is 6.08 Å². The van der Waals surface area contributed by atoms with E-state index in [9.17, 15) is 14.7 Å². The van der Waals surface area contributed by atoms with Crippen LogP contribution in [0.2, 0.25) is 0 Å². The van der Waals surface area contributed by atoms with Crippen molar-refractivity contribution in [3.8, 4) is 5.75 Å². The van der Waals surface area contributed by atoms with E-state index in [4.69, 9.17) is 4.74 Å². The van der Waals surface area contributed by atoms with Crippen LogP contribution in [0.5, 0.6) is 5.75 Å². The molecule has 25 heavy (non-hydrogen) atoms. The summed E-state index contributed by atoms with van der Waals surface area (Å²) in [5.74, 6) is -0.748. The summed E-state index contributed by atoms with van der Waals surface area (Å²) in [5, 5.41) is 11.8. The smallest absolute Gasteiger partial charge is 0.326 e. The molecule has 0 bridgehead atoms. The van der Waals surface area contributed by atoms with Crippen molar-refractivity contribution in [2.45, 2.75) is 19.4 Å². The molecule has 2 N–H and O–H groups in total. The van der Waals surface area contributed by atoms with Gasteiger partial charge in [-0.15, -0.1) is 0 Å². The second-order valence-corrected chi connectivity index (χ2v) is 5.42. The van der Waals surface area contributed by atoms with Crippen LogP contribution in [0.3, 0.4) is 0 Å². The Labute approximate surface area is 146 Å². The average molecular weight is 339 g/mol. The molecule has 0 aliphatic heterocycles. The fourth-order valence-corrected chi connectivity index (χ4v) is 2.28. The summed E-state index contributed by atoms with van der Waals surface area (Å²) >= 11 is 0. The molecule has 5 heteroatoms. The van der Waals surface area contributed by atoms with Crippen LogP contribution in [0.4, 0.5) is 0 Å². The third-order valence-electron chi connectivity index (χ3n) is 3.52. The van der Waals surface area contributed by atoms with E-state index >= 15 is 0 Å². The SMILES string of the molecule is CCOc1ccc(/C=C/C(=O)NC(Cc2ccccc2)C(=O)O)cc1. The van der Waals surface area contributed by atoms with Crippen molar-refractivity contribution in [3.05, 3.63) is 71.8 Å². The molecule has 2 rings (SSSR count). The fourth-order valence-electron chi connectivity index (χ4n) is 2.28. The van der Waals surface area contributed by atoms with Gasteiger partial charge < -0.3 is 15.2 Å². The lowest BCUT2D eigenvalue weighted by Gasteiger charge is -2.13. The average Bonchev–Trinajstić information content (AvgIpc) is 2.61. The van der Waals surface area contributed by atoms with E-state index in [2.05, 4.69) is 5.32 Å². The maximum absolute atomic E-state index is 12.0. The quantitative estimate of drug-likeness (QED) is 0.725. The van der Waals surface area contributed by atoms with Crippen molar-refractivity contribution in [3.63, 3.8) is 0 Å². The summed E-state index contributed by atoms with van der Waals surface area (Å²) in [6, 6.07) is 15.5. The lowest BCUT2D eigenvalue weighted by Crippen LogP contribution is -2.41. The molecule has 5 nitrogen and oxygen atoms in total. The molecule has 0 saturated carbocycles. The highest BCUT2D eigenvalue weighted by molar-refractivity contribution is 5.94. The Balaban J connectivity index is 1.95. The number of carbonyl (C=O) groups excluding carboxylic acids is 1. The van der Waals surface area contributed by atoms with Gasteiger partial charge >= 0.3 is 5.97 Å². The maximum Gasteiger partial charge on any atom is 0.326 e. The zero-order chi connectivity index (χ0) is 18.1. The van der Waals surface area contributed by atoms with Gasteiger partial charge in [0.05, 0.1) is 6.61 Å². The van der Waals surface area contributed by atoms with Crippen LogP contribution in [0, 0.1) is 0 Å². The van der Waals surface area contributed by atoms with E-state index in [0.717, 1.165) is 16.9 Å². The first-order valence-corrected chi connectivity index (χ1v) is 8.06. The molecule has 130 valence electrons. The molecule has 0 heterocycles. The van der Waals surface area contributed by atoms with Crippen LogP contribution in [0.25, 0.3) is 6.08 Å². The van der Waals surface area contributed by atoms with Gasteiger partial charge in [0.25, 0.3) is 0 Å². The lowest BCUT2D eigenvalue weighted by molar-refractivity contribution is -0.141. The Morgan fingerprint density at radius 3 is 2.40 bits per heavy atom. The zero-order valence-corrected chi connectivity index (χ0v) is 14.0. The number of hydrogen-bond acceptors (Lipinski definition) is 3. The molecular weight excluding hydrogens is 318 g/mol. The Kier molecular flexibility index (Phi) is 6.77. The van der Waals surface area contributed by atoms with Crippen molar-refractivity contribution in [1.29, 1.82) is 0 Å². The first-order chi connectivity index (χ1) is 12.1. The molecule has 0 spiro atoms. The van der Waals surface area contributed by atoms with Crippen LogP contribution >= 0.6 is 0 Å². The van der Waals surface area contributed by atoms with Crippen LogP contribution in [0.15, 0.2) is 60.7 Å². The second-order valence-electron chi connectivity index (χ2n) is 5.42. The number of amides is 1. The van der Waals surface area contributed by atoms with Gasteiger partial charge in [0.15, 0.2) is 0 Å². The highest BCUT2D eigenvalue weighted by Gasteiger charge is 2.19. The molecule has 0 radical (unpaired) electrons. The minimum Gasteiger partial charge on any atom is -0.494 e. The van der Waals surface area contributed by atoms with Gasteiger partial charge in [-0.3, -0.25) is 4.79 Å². The molecule has 0 saturated heterocycles. The van der Waals surface area contributed by atoms with Gasteiger partial charge in [0, 0.05) is 12.5 Å². The van der Waals surface area contributed by atoms with Crippen molar-refractivity contribution in [2.24, 2.45) is 0 Å². The van der Waals surface area contributed by atoms with Crippen LogP contribution in [0.1, 0.15) is 18.1 Å². The summed E-state index contributed by atoms with van der Waals surface area (Å²) < 4.78 is 5.35. The van der Waals surface area contributed by atoms with E-state index in [0.29, 0.717) is 6.61 Å². The topological polar surface area (TPSA) is 75.6 Å². The third-order valence-corrected chi connectivity index (χ3v) is 3.52. The Bertz CT molecular complexity index is 723. The largest absolute Gasteiger partial charge is 0.494 e. The highest BCUT2D eigenvalue weighted by atomic mass is 16.5. The number of rotatable bonds is 8. The zero-order valence-electron chi connectivity index (χ0n) is 14.0. The molecule has 2 aromatic rings. The first-order valence-electron chi connectivity index (χ1n) is 8.06. The normalized spacial score (nSPS) is 11.9. The number of carboxylic acids is 1. The molecule has 1 amide bonds. The van der Waals surface area contributed by atoms with Crippen molar-refractivity contribution >= 4 is 18.0 Å². The predicted molar refractivity (Wildman–Crippen MR) is 96.4 cm³/mol. The van der Waals surface area contributed by atoms with Gasteiger partial charge in [-0.2, -0.15) is 0 Å². The molecule has 0 fully saturated rings. The monoisotopic (exact) mass is 339 g/mol. The summed E-state index contributed by atoms with van der Waals surface area (Å²) in [7, 11) is 0. The van der Waals surface area contributed by atoms with Gasteiger partial charge in [-0.25, -0.2) is 4.79 Å². The second kappa shape index (κ2) is 9.27. The number of carboxylic acid groups (broad SMARTS) is 1. The minimum absolute atomic E-state index is 0.235. The number of hydrogen-bond donors (Lipinski definition) is 2. The molecule has 1 atom stereocenters. The maximum atomic E-state index is 12.0. The molecule has 0 aliphatic rings. The van der Waals surface area contributed by atoms with Crippen molar-refractivity contribution in [2.75, 3.05) is 6.61 Å². The number of benzene rings is 2. The van der Waals surface area contributed by atoms with Gasteiger partial charge in [-0.1, -0.05) is 42.5 Å². The van der Waals surface area contributed by atoms with E-state index in [1.54, 1.807) is 6.08 Å². The van der Waals surface area contributed by atoms with Crippen LogP contribution in [-0.2, 0) is 16.0 Å². The van der Waals surface area contributed by atoms with Gasteiger partial charge in [-0.05, 0) is 36.3 Å². The molecule has 0 aromatic heterocycles. The van der Waals surface area contributed by atoms with Crippen LogP contribution < -0.4 is 10.1 Å². The fraction of sp³-hybridized carbons (Fsp3) is 0.200. The first kappa shape index (κ1) is 18.3. The predicted octanol–water partition coefficient (Wildman–Crippen LogP) is 2.91. The molecule has 2 aromatic carbocycles. The van der Waals surface area contributed by atoms with Gasteiger partial charge in [0.2, 0.25) is 5.91 Å². The van der Waals surface area contributed by atoms with Crippen molar-refractivity contribution in [1.82, 2.24) is 5.32 Å². The number of nitrogens with one attached hydrogen (secondary N) is 1. The molecular formula is C20H21NO4. The Morgan fingerprint density at radius 2 is 1.80 bits per heavy atom.